The monoisotopic (exact) mass is 233 g/mol. The topological polar surface area (TPSA) is 66.5 Å². The molecule has 0 bridgehead atoms. The van der Waals surface area contributed by atoms with Gasteiger partial charge in [0.2, 0.25) is 0 Å². The van der Waals surface area contributed by atoms with Crippen molar-refractivity contribution in [1.29, 1.82) is 0 Å². The van der Waals surface area contributed by atoms with Crippen molar-refractivity contribution in [2.24, 2.45) is 10.7 Å². The lowest BCUT2D eigenvalue weighted by Crippen LogP contribution is -2.30. The summed E-state index contributed by atoms with van der Waals surface area (Å²) in [5.74, 6) is 1.53. The molecular weight excluding hydrogens is 214 g/mol. The van der Waals surface area contributed by atoms with Gasteiger partial charge in [0, 0.05) is 32.9 Å². The molecule has 92 valence electrons. The van der Waals surface area contributed by atoms with E-state index in [2.05, 4.69) is 26.3 Å². The van der Waals surface area contributed by atoms with Crippen molar-refractivity contribution in [2.75, 3.05) is 25.0 Å². The Morgan fingerprint density at radius 3 is 3.00 bits per heavy atom. The minimum absolute atomic E-state index is 0.463. The number of anilines is 1. The van der Waals surface area contributed by atoms with Crippen LogP contribution in [-0.4, -0.2) is 31.1 Å². The van der Waals surface area contributed by atoms with Crippen LogP contribution in [0.3, 0.4) is 0 Å². The van der Waals surface area contributed by atoms with Gasteiger partial charge in [-0.2, -0.15) is 0 Å². The minimum atomic E-state index is 0.463. The van der Waals surface area contributed by atoms with E-state index in [9.17, 15) is 0 Å². The zero-order chi connectivity index (χ0) is 12.1. The first-order valence-corrected chi connectivity index (χ1v) is 5.95. The molecule has 5 nitrogen and oxygen atoms in total. The van der Waals surface area contributed by atoms with E-state index in [1.54, 1.807) is 7.05 Å². The normalized spacial score (nSPS) is 16.3. The highest BCUT2D eigenvalue weighted by Gasteiger charge is 2.13. The highest BCUT2D eigenvalue weighted by atomic mass is 15.2. The molecule has 3 N–H and O–H groups in total. The molecule has 2 heterocycles. The van der Waals surface area contributed by atoms with Crippen molar-refractivity contribution in [3.63, 3.8) is 0 Å². The van der Waals surface area contributed by atoms with Gasteiger partial charge in [-0.1, -0.05) is 0 Å². The number of nitrogens with zero attached hydrogens (tertiary/aromatic N) is 3. The lowest BCUT2D eigenvalue weighted by molar-refractivity contribution is 0.884. The molecule has 0 radical (unpaired) electrons. The standard InChI is InChI=1S/C12H19N5/c1-14-12(13)16-9-10-4-5-15-11(8-10)17-6-2-3-7-17/h4-5,8H,2-3,6-7,9H2,1H3,(H3,13,14,16). The van der Waals surface area contributed by atoms with Crippen LogP contribution in [0.2, 0.25) is 0 Å². The number of aromatic nitrogens is 1. The van der Waals surface area contributed by atoms with Crippen LogP contribution >= 0.6 is 0 Å². The fraction of sp³-hybridized carbons (Fsp3) is 0.500. The van der Waals surface area contributed by atoms with Crippen LogP contribution in [0.15, 0.2) is 23.3 Å². The van der Waals surface area contributed by atoms with Crippen LogP contribution < -0.4 is 16.0 Å². The lowest BCUT2D eigenvalue weighted by Gasteiger charge is -2.17. The van der Waals surface area contributed by atoms with Gasteiger partial charge in [0.15, 0.2) is 5.96 Å². The third kappa shape index (κ3) is 3.09. The maximum atomic E-state index is 5.59. The molecule has 1 aromatic heterocycles. The van der Waals surface area contributed by atoms with Crippen molar-refractivity contribution in [3.8, 4) is 0 Å². The first-order valence-electron chi connectivity index (χ1n) is 5.95. The summed E-state index contributed by atoms with van der Waals surface area (Å²) in [6.07, 6.45) is 4.38. The van der Waals surface area contributed by atoms with Crippen LogP contribution in [0.4, 0.5) is 5.82 Å². The largest absolute Gasteiger partial charge is 0.370 e. The molecule has 17 heavy (non-hydrogen) atoms. The zero-order valence-electron chi connectivity index (χ0n) is 10.2. The van der Waals surface area contributed by atoms with Gasteiger partial charge in [0.25, 0.3) is 0 Å². The van der Waals surface area contributed by atoms with Crippen LogP contribution in [0.1, 0.15) is 18.4 Å². The first-order chi connectivity index (χ1) is 8.29. The highest BCUT2D eigenvalue weighted by Crippen LogP contribution is 2.18. The van der Waals surface area contributed by atoms with Crippen molar-refractivity contribution < 1.29 is 0 Å². The van der Waals surface area contributed by atoms with Crippen LogP contribution in [-0.2, 0) is 6.54 Å². The maximum Gasteiger partial charge on any atom is 0.188 e. The summed E-state index contributed by atoms with van der Waals surface area (Å²) >= 11 is 0. The number of guanidine groups is 1. The molecule has 0 aliphatic carbocycles. The molecule has 0 saturated carbocycles. The number of rotatable bonds is 3. The molecule has 0 spiro atoms. The van der Waals surface area contributed by atoms with E-state index < -0.39 is 0 Å². The summed E-state index contributed by atoms with van der Waals surface area (Å²) in [7, 11) is 1.67. The number of nitrogens with two attached hydrogens (primary N) is 1. The minimum Gasteiger partial charge on any atom is -0.370 e. The second kappa shape index (κ2) is 5.52. The maximum absolute atomic E-state index is 5.59. The van der Waals surface area contributed by atoms with E-state index in [0.29, 0.717) is 12.5 Å². The van der Waals surface area contributed by atoms with E-state index in [1.807, 2.05) is 12.3 Å². The molecule has 1 fully saturated rings. The Morgan fingerprint density at radius 1 is 1.53 bits per heavy atom. The third-order valence-electron chi connectivity index (χ3n) is 2.95. The highest BCUT2D eigenvalue weighted by molar-refractivity contribution is 5.77. The summed E-state index contributed by atoms with van der Waals surface area (Å²) in [5, 5.41) is 3.05. The fourth-order valence-corrected chi connectivity index (χ4v) is 1.96. The quantitative estimate of drug-likeness (QED) is 0.596. The first kappa shape index (κ1) is 11.7. The van der Waals surface area contributed by atoms with E-state index in [4.69, 9.17) is 5.73 Å². The summed E-state index contributed by atoms with van der Waals surface area (Å²) < 4.78 is 0. The van der Waals surface area contributed by atoms with E-state index in [1.165, 1.54) is 18.4 Å². The summed E-state index contributed by atoms with van der Waals surface area (Å²) in [5.41, 5.74) is 6.77. The van der Waals surface area contributed by atoms with Crippen LogP contribution in [0.25, 0.3) is 0 Å². The number of nitrogens with one attached hydrogen (secondary N) is 1. The second-order valence-corrected chi connectivity index (χ2v) is 4.18. The SMILES string of the molecule is CN=C(N)NCc1ccnc(N2CCCC2)c1. The van der Waals surface area contributed by atoms with Gasteiger partial charge in [0.1, 0.15) is 5.82 Å². The van der Waals surface area contributed by atoms with Gasteiger partial charge < -0.3 is 16.0 Å². The average Bonchev–Trinajstić information content (AvgIpc) is 2.90. The van der Waals surface area contributed by atoms with Gasteiger partial charge >= 0.3 is 0 Å². The Labute approximate surface area is 102 Å². The smallest absolute Gasteiger partial charge is 0.188 e. The Morgan fingerprint density at radius 2 is 2.29 bits per heavy atom. The third-order valence-corrected chi connectivity index (χ3v) is 2.95. The molecule has 1 saturated heterocycles. The molecule has 0 aromatic carbocycles. The van der Waals surface area contributed by atoms with Gasteiger partial charge in [-0.25, -0.2) is 4.98 Å². The molecular formula is C12H19N5. The van der Waals surface area contributed by atoms with Crippen LogP contribution in [0, 0.1) is 0 Å². The lowest BCUT2D eigenvalue weighted by atomic mass is 10.2. The Bertz CT molecular complexity index is 396. The number of hydrogen-bond donors (Lipinski definition) is 2. The molecule has 1 aliphatic rings. The molecule has 1 aliphatic heterocycles. The molecule has 5 heteroatoms. The molecule has 1 aromatic rings. The molecule has 0 unspecified atom stereocenters. The average molecular weight is 233 g/mol. The Balaban J connectivity index is 2.01. The summed E-state index contributed by atoms with van der Waals surface area (Å²) in [6, 6.07) is 4.11. The Kier molecular flexibility index (Phi) is 3.80. The van der Waals surface area contributed by atoms with Crippen molar-refractivity contribution in [1.82, 2.24) is 10.3 Å². The van der Waals surface area contributed by atoms with Gasteiger partial charge in [0.05, 0.1) is 0 Å². The molecule has 0 atom stereocenters. The summed E-state index contributed by atoms with van der Waals surface area (Å²) in [4.78, 5) is 10.6. The summed E-state index contributed by atoms with van der Waals surface area (Å²) in [6.45, 7) is 2.91. The van der Waals surface area contributed by atoms with Crippen molar-refractivity contribution >= 4 is 11.8 Å². The van der Waals surface area contributed by atoms with Gasteiger partial charge in [-0.3, -0.25) is 4.99 Å². The number of pyridine rings is 1. The van der Waals surface area contributed by atoms with Crippen molar-refractivity contribution in [2.45, 2.75) is 19.4 Å². The van der Waals surface area contributed by atoms with E-state index in [0.717, 1.165) is 18.9 Å². The van der Waals surface area contributed by atoms with Gasteiger partial charge in [-0.05, 0) is 30.5 Å². The van der Waals surface area contributed by atoms with Crippen LogP contribution in [0.5, 0.6) is 0 Å². The predicted octanol–water partition coefficient (Wildman–Crippen LogP) is 0.716. The second-order valence-electron chi connectivity index (χ2n) is 4.18. The number of hydrogen-bond acceptors (Lipinski definition) is 3. The zero-order valence-corrected chi connectivity index (χ0v) is 10.2. The van der Waals surface area contributed by atoms with E-state index >= 15 is 0 Å². The molecule has 0 amide bonds. The predicted molar refractivity (Wildman–Crippen MR) is 70.1 cm³/mol. The Hall–Kier alpha value is -1.78. The molecule has 2 rings (SSSR count). The van der Waals surface area contributed by atoms with Crippen molar-refractivity contribution in [3.05, 3.63) is 23.9 Å². The fourth-order valence-electron chi connectivity index (χ4n) is 1.96. The van der Waals surface area contributed by atoms with Gasteiger partial charge in [-0.15, -0.1) is 0 Å². The number of aliphatic imine (C=N–C) groups is 1. The van der Waals surface area contributed by atoms with E-state index in [-0.39, 0.29) is 0 Å².